The van der Waals surface area contributed by atoms with E-state index in [2.05, 4.69) is 50.4 Å². The number of aryl methyl sites for hydroxylation is 1. The highest BCUT2D eigenvalue weighted by Crippen LogP contribution is 2.21. The topological polar surface area (TPSA) is 32.3 Å². The fraction of sp³-hybridized carbons (Fsp3) is 0.480. The molecule has 1 N–H and O–H groups in total. The van der Waals surface area contributed by atoms with E-state index in [0.29, 0.717) is 17.5 Å². The summed E-state index contributed by atoms with van der Waals surface area (Å²) < 4.78 is 0. The van der Waals surface area contributed by atoms with Crippen molar-refractivity contribution >= 4 is 23.3 Å². The number of nitrogens with zero attached hydrogens (tertiary/aromatic N) is 1. The molecule has 0 fully saturated rings. The summed E-state index contributed by atoms with van der Waals surface area (Å²) in [6.07, 6.45) is 5.89. The first-order chi connectivity index (χ1) is 13.9. The average Bonchev–Trinajstić information content (AvgIpc) is 2.69. The maximum atomic E-state index is 13.0. The summed E-state index contributed by atoms with van der Waals surface area (Å²) >= 11 is 6.05. The fourth-order valence-corrected chi connectivity index (χ4v) is 3.58. The Morgan fingerprint density at radius 1 is 1.03 bits per heavy atom. The number of unbranched alkanes of at least 4 members (excludes halogenated alkanes) is 4. The van der Waals surface area contributed by atoms with Gasteiger partial charge in [0.1, 0.15) is 0 Å². The predicted molar refractivity (Wildman–Crippen MR) is 125 cm³/mol. The summed E-state index contributed by atoms with van der Waals surface area (Å²) in [5, 5.41) is 3.75. The monoisotopic (exact) mass is 414 g/mol. The normalized spacial score (nSPS) is 11.0. The van der Waals surface area contributed by atoms with E-state index in [4.69, 9.17) is 11.6 Å². The van der Waals surface area contributed by atoms with Crippen LogP contribution in [0.1, 0.15) is 75.5 Å². The Labute approximate surface area is 181 Å². The van der Waals surface area contributed by atoms with Gasteiger partial charge in [0.05, 0.1) is 0 Å². The van der Waals surface area contributed by atoms with Crippen molar-refractivity contribution in [3.05, 3.63) is 64.2 Å². The SMILES string of the molecule is CCCCCCCN(Cc1ccc(C(C)C)cc1)C(=O)Nc1ccc(Cl)cc1C. The number of hydrogen-bond donors (Lipinski definition) is 1. The first kappa shape index (κ1) is 23.3. The second-order valence-electron chi connectivity index (χ2n) is 8.12. The number of rotatable bonds is 10. The van der Waals surface area contributed by atoms with Crippen molar-refractivity contribution in [1.29, 1.82) is 0 Å². The van der Waals surface area contributed by atoms with Gasteiger partial charge in [-0.25, -0.2) is 4.79 Å². The van der Waals surface area contributed by atoms with Crippen LogP contribution in [0, 0.1) is 6.92 Å². The third kappa shape index (κ3) is 7.74. The van der Waals surface area contributed by atoms with Gasteiger partial charge in [0, 0.05) is 23.8 Å². The molecule has 2 aromatic carbocycles. The van der Waals surface area contributed by atoms with Crippen molar-refractivity contribution in [3.8, 4) is 0 Å². The minimum Gasteiger partial charge on any atom is -0.320 e. The standard InChI is InChI=1S/C25H35ClN2O/c1-5-6-7-8-9-16-28(18-21-10-12-22(13-11-21)19(2)3)25(29)27-24-15-14-23(26)17-20(24)4/h10-15,17,19H,5-9,16,18H2,1-4H3,(H,27,29). The van der Waals surface area contributed by atoms with Gasteiger partial charge in [-0.2, -0.15) is 0 Å². The molecule has 0 radical (unpaired) electrons. The molecule has 0 unspecified atom stereocenters. The molecule has 0 aliphatic heterocycles. The summed E-state index contributed by atoms with van der Waals surface area (Å²) in [5.41, 5.74) is 4.26. The second-order valence-corrected chi connectivity index (χ2v) is 8.56. The van der Waals surface area contributed by atoms with Gasteiger partial charge in [-0.05, 0) is 54.2 Å². The highest BCUT2D eigenvalue weighted by Gasteiger charge is 2.15. The Bertz CT molecular complexity index is 771. The summed E-state index contributed by atoms with van der Waals surface area (Å²) in [6, 6.07) is 14.1. The molecule has 0 saturated carbocycles. The smallest absolute Gasteiger partial charge is 0.320 e. The highest BCUT2D eigenvalue weighted by atomic mass is 35.5. The molecule has 29 heavy (non-hydrogen) atoms. The van der Waals surface area contributed by atoms with Crippen molar-refractivity contribution in [1.82, 2.24) is 4.90 Å². The van der Waals surface area contributed by atoms with Crippen molar-refractivity contribution in [2.75, 3.05) is 11.9 Å². The molecule has 4 heteroatoms. The molecule has 0 aliphatic carbocycles. The van der Waals surface area contributed by atoms with Gasteiger partial charge in [0.2, 0.25) is 0 Å². The lowest BCUT2D eigenvalue weighted by molar-refractivity contribution is 0.207. The minimum absolute atomic E-state index is 0.0566. The third-order valence-electron chi connectivity index (χ3n) is 5.27. The van der Waals surface area contributed by atoms with Crippen LogP contribution >= 0.6 is 11.6 Å². The van der Waals surface area contributed by atoms with Crippen LogP contribution in [0.4, 0.5) is 10.5 Å². The Morgan fingerprint density at radius 3 is 2.34 bits per heavy atom. The lowest BCUT2D eigenvalue weighted by atomic mass is 10.0. The molecule has 0 bridgehead atoms. The first-order valence-corrected chi connectivity index (χ1v) is 11.2. The van der Waals surface area contributed by atoms with Crippen LogP contribution in [0.3, 0.4) is 0 Å². The minimum atomic E-state index is -0.0566. The Hall–Kier alpha value is -2.00. The van der Waals surface area contributed by atoms with Crippen molar-refractivity contribution in [3.63, 3.8) is 0 Å². The molecule has 0 saturated heterocycles. The van der Waals surface area contributed by atoms with Crippen LogP contribution in [0.5, 0.6) is 0 Å². The van der Waals surface area contributed by atoms with E-state index < -0.39 is 0 Å². The van der Waals surface area contributed by atoms with Crippen molar-refractivity contribution < 1.29 is 4.79 Å². The molecule has 2 amide bonds. The summed E-state index contributed by atoms with van der Waals surface area (Å²) in [4.78, 5) is 15.0. The summed E-state index contributed by atoms with van der Waals surface area (Å²) in [5.74, 6) is 0.509. The number of nitrogens with one attached hydrogen (secondary N) is 1. The fourth-order valence-electron chi connectivity index (χ4n) is 3.35. The summed E-state index contributed by atoms with van der Waals surface area (Å²) in [6.45, 7) is 9.94. The Kier molecular flexibility index (Phi) is 9.53. The molecular weight excluding hydrogens is 380 g/mol. The van der Waals surface area contributed by atoms with Crippen molar-refractivity contribution in [2.24, 2.45) is 0 Å². The molecule has 0 spiro atoms. The molecule has 2 rings (SSSR count). The zero-order valence-electron chi connectivity index (χ0n) is 18.3. The average molecular weight is 415 g/mol. The largest absolute Gasteiger partial charge is 0.322 e. The van der Waals surface area contributed by atoms with Gasteiger partial charge in [0.15, 0.2) is 0 Å². The number of hydrogen-bond acceptors (Lipinski definition) is 1. The van der Waals surface area contributed by atoms with Crippen LogP contribution in [0.2, 0.25) is 5.02 Å². The number of benzene rings is 2. The lowest BCUT2D eigenvalue weighted by Crippen LogP contribution is -2.35. The Balaban J connectivity index is 2.07. The van der Waals surface area contributed by atoms with Gasteiger partial charge >= 0.3 is 6.03 Å². The van der Waals surface area contributed by atoms with E-state index in [9.17, 15) is 4.79 Å². The number of carbonyl (C=O) groups excluding carboxylic acids is 1. The lowest BCUT2D eigenvalue weighted by Gasteiger charge is -2.24. The molecule has 0 atom stereocenters. The number of carbonyl (C=O) groups is 1. The van der Waals surface area contributed by atoms with Crippen molar-refractivity contribution in [2.45, 2.75) is 72.3 Å². The maximum Gasteiger partial charge on any atom is 0.322 e. The number of halogens is 1. The van der Waals surface area contributed by atoms with E-state index in [1.54, 1.807) is 0 Å². The quantitative estimate of drug-likeness (QED) is 0.395. The number of urea groups is 1. The van der Waals surface area contributed by atoms with Gasteiger partial charge in [-0.15, -0.1) is 0 Å². The second kappa shape index (κ2) is 11.9. The van der Waals surface area contributed by atoms with Crippen LogP contribution < -0.4 is 5.32 Å². The zero-order chi connectivity index (χ0) is 21.2. The third-order valence-corrected chi connectivity index (χ3v) is 5.50. The molecule has 0 aromatic heterocycles. The van der Waals surface area contributed by atoms with Crippen LogP contribution in [-0.2, 0) is 6.54 Å². The molecule has 0 heterocycles. The molecule has 3 nitrogen and oxygen atoms in total. The van der Waals surface area contributed by atoms with Gasteiger partial charge in [-0.3, -0.25) is 0 Å². The number of anilines is 1. The van der Waals surface area contributed by atoms with Crippen LogP contribution in [0.15, 0.2) is 42.5 Å². The van der Waals surface area contributed by atoms with E-state index >= 15 is 0 Å². The molecule has 158 valence electrons. The number of amides is 2. The van der Waals surface area contributed by atoms with E-state index in [-0.39, 0.29) is 6.03 Å². The van der Waals surface area contributed by atoms with Gasteiger partial charge in [0.25, 0.3) is 0 Å². The highest BCUT2D eigenvalue weighted by molar-refractivity contribution is 6.30. The molecule has 0 aliphatic rings. The van der Waals surface area contributed by atoms with Crippen LogP contribution in [-0.4, -0.2) is 17.5 Å². The van der Waals surface area contributed by atoms with E-state index in [1.807, 2.05) is 30.0 Å². The maximum absolute atomic E-state index is 13.0. The van der Waals surface area contributed by atoms with E-state index in [1.165, 1.54) is 24.8 Å². The zero-order valence-corrected chi connectivity index (χ0v) is 19.1. The summed E-state index contributed by atoms with van der Waals surface area (Å²) in [7, 11) is 0. The van der Waals surface area contributed by atoms with Crippen LogP contribution in [0.25, 0.3) is 0 Å². The molecule has 2 aromatic rings. The van der Waals surface area contributed by atoms with E-state index in [0.717, 1.165) is 36.2 Å². The first-order valence-electron chi connectivity index (χ1n) is 10.8. The van der Waals surface area contributed by atoms with Gasteiger partial charge < -0.3 is 10.2 Å². The predicted octanol–water partition coefficient (Wildman–Crippen LogP) is 7.78. The Morgan fingerprint density at radius 2 is 1.72 bits per heavy atom. The van der Waals surface area contributed by atoms with Gasteiger partial charge in [-0.1, -0.05) is 82.3 Å². The molecular formula is C25H35ClN2O.